The number of nitrogens with zero attached hydrogens (tertiary/aromatic N) is 7. The average Bonchev–Trinajstić information content (AvgIpc) is 4.32. The van der Waals surface area contributed by atoms with Crippen molar-refractivity contribution in [3.05, 3.63) is 225 Å². The molecular formula is C64H55N13O3. The summed E-state index contributed by atoms with van der Waals surface area (Å²) >= 11 is 0. The number of aromatic amines is 3. The number of carbonyl (C=O) groups is 3. The molecule has 6 aromatic carbocycles. The Morgan fingerprint density at radius 3 is 2.30 bits per heavy atom. The molecule has 6 heterocycles. The van der Waals surface area contributed by atoms with Gasteiger partial charge < -0.3 is 30.8 Å². The highest BCUT2D eigenvalue weighted by Gasteiger charge is 2.24. The number of pyridine rings is 1. The van der Waals surface area contributed by atoms with Gasteiger partial charge in [-0.1, -0.05) is 67.6 Å². The van der Waals surface area contributed by atoms with Crippen molar-refractivity contribution in [2.24, 2.45) is 4.99 Å². The molecule has 0 spiro atoms. The van der Waals surface area contributed by atoms with Crippen LogP contribution in [0.1, 0.15) is 108 Å². The fourth-order valence-electron chi connectivity index (χ4n) is 10.0. The molecule has 1 fully saturated rings. The maximum Gasteiger partial charge on any atom is 0.257 e. The van der Waals surface area contributed by atoms with Gasteiger partial charge in [0, 0.05) is 67.5 Å². The highest BCUT2D eigenvalue weighted by molar-refractivity contribution is 6.17. The van der Waals surface area contributed by atoms with Crippen molar-refractivity contribution in [2.45, 2.75) is 52.5 Å². The molecular weight excluding hydrogens is 999 g/mol. The molecule has 0 bridgehead atoms. The molecule has 0 unspecified atom stereocenters. The third-order valence-corrected chi connectivity index (χ3v) is 14.2. The molecule has 2 aliphatic rings. The number of aliphatic imine (C=N–C) groups is 1. The van der Waals surface area contributed by atoms with Crippen LogP contribution in [0.25, 0.3) is 37.7 Å². The minimum atomic E-state index is -0.278. The van der Waals surface area contributed by atoms with Crippen LogP contribution in [-0.2, 0) is 6.54 Å². The van der Waals surface area contributed by atoms with E-state index in [-0.39, 0.29) is 17.7 Å². The van der Waals surface area contributed by atoms with Crippen molar-refractivity contribution < 1.29 is 14.4 Å². The first-order valence-corrected chi connectivity index (χ1v) is 26.3. The SMILES string of the molecule is CCCN1CCC(c2[nH]nc3ccc(NC(=O)c4ccccc4C#N)cc23)CC1.Cc1c[nH]c2ncc(NC(=O)c3cccc(C#N)c3)cc12.[C-]#[N+]c1ccc(C(=O)Nc2ccc3c(c2)C(c2cc4ccc(C)cc4[nH]2)=NC3)cc1. The number of aromatic nitrogens is 5. The van der Waals surface area contributed by atoms with Gasteiger partial charge in [-0.25, -0.2) is 9.83 Å². The van der Waals surface area contributed by atoms with Gasteiger partial charge >= 0.3 is 0 Å². The van der Waals surface area contributed by atoms with Crippen LogP contribution in [0.4, 0.5) is 22.7 Å². The van der Waals surface area contributed by atoms with Crippen molar-refractivity contribution >= 4 is 79.0 Å². The van der Waals surface area contributed by atoms with Crippen LogP contribution in [0.3, 0.4) is 0 Å². The van der Waals surface area contributed by atoms with E-state index in [0.29, 0.717) is 57.3 Å². The lowest BCUT2D eigenvalue weighted by atomic mass is 9.91. The summed E-state index contributed by atoms with van der Waals surface area (Å²) in [4.78, 5) is 58.8. The van der Waals surface area contributed by atoms with Crippen LogP contribution in [0.15, 0.2) is 157 Å². The maximum absolute atomic E-state index is 12.7. The van der Waals surface area contributed by atoms with Crippen LogP contribution in [0.5, 0.6) is 0 Å². The topological polar surface area (TPSA) is 228 Å². The highest BCUT2D eigenvalue weighted by atomic mass is 16.2. The van der Waals surface area contributed by atoms with Gasteiger partial charge in [-0.15, -0.1) is 0 Å². The Bertz CT molecular complexity index is 4140. The third kappa shape index (κ3) is 11.9. The van der Waals surface area contributed by atoms with Crippen molar-refractivity contribution in [3.8, 4) is 12.1 Å². The number of anilines is 3. The minimum Gasteiger partial charge on any atom is -0.353 e. The number of piperidine rings is 1. The number of benzene rings is 6. The van der Waals surface area contributed by atoms with Gasteiger partial charge in [0.2, 0.25) is 0 Å². The lowest BCUT2D eigenvalue weighted by Crippen LogP contribution is -2.33. The number of nitriles is 2. The summed E-state index contributed by atoms with van der Waals surface area (Å²) in [6.45, 7) is 17.3. The average molecular weight is 1050 g/mol. The van der Waals surface area contributed by atoms with Crippen molar-refractivity contribution in [2.75, 3.05) is 35.6 Å². The fourth-order valence-corrected chi connectivity index (χ4v) is 10.0. The first kappa shape index (κ1) is 52.9. The molecule has 3 amide bonds. The van der Waals surface area contributed by atoms with Crippen LogP contribution >= 0.6 is 0 Å². The van der Waals surface area contributed by atoms with Crippen LogP contribution < -0.4 is 16.0 Å². The summed E-state index contributed by atoms with van der Waals surface area (Å²) < 4.78 is 0. The van der Waals surface area contributed by atoms with Crippen LogP contribution in [0, 0.1) is 43.1 Å². The molecule has 1 saturated heterocycles. The number of H-pyrrole nitrogens is 3. The van der Waals surface area contributed by atoms with Crippen LogP contribution in [-0.4, -0.2) is 73.1 Å². The number of fused-ring (bicyclic) bond motifs is 4. The summed E-state index contributed by atoms with van der Waals surface area (Å²) in [6.07, 6.45) is 6.90. The molecule has 0 saturated carbocycles. The second-order valence-electron chi connectivity index (χ2n) is 19.8. The van der Waals surface area contributed by atoms with E-state index in [1.807, 2.05) is 61.7 Å². The molecule has 6 N–H and O–H groups in total. The number of carbonyl (C=O) groups excluding carboxylic acids is 3. The zero-order valence-corrected chi connectivity index (χ0v) is 44.3. The molecule has 0 aliphatic carbocycles. The molecule has 394 valence electrons. The lowest BCUT2D eigenvalue weighted by molar-refractivity contribution is 0.101. The number of hydrogen-bond acceptors (Lipinski definition) is 9. The normalized spacial score (nSPS) is 12.9. The molecule has 4 aromatic heterocycles. The van der Waals surface area contributed by atoms with Crippen molar-refractivity contribution in [1.29, 1.82) is 10.5 Å². The van der Waals surface area contributed by atoms with E-state index in [9.17, 15) is 19.6 Å². The Morgan fingerprint density at radius 1 is 0.762 bits per heavy atom. The third-order valence-electron chi connectivity index (χ3n) is 14.2. The summed E-state index contributed by atoms with van der Waals surface area (Å²) in [5.74, 6) is -0.289. The van der Waals surface area contributed by atoms with Crippen LogP contribution in [0.2, 0.25) is 0 Å². The molecule has 10 aromatic rings. The highest BCUT2D eigenvalue weighted by Crippen LogP contribution is 2.34. The van der Waals surface area contributed by atoms with E-state index < -0.39 is 0 Å². The first-order valence-electron chi connectivity index (χ1n) is 26.3. The quantitative estimate of drug-likeness (QED) is 0.0720. The van der Waals surface area contributed by atoms with E-state index in [1.54, 1.807) is 79.0 Å². The largest absolute Gasteiger partial charge is 0.353 e. The van der Waals surface area contributed by atoms with Gasteiger partial charge in [0.25, 0.3) is 17.7 Å². The summed E-state index contributed by atoms with van der Waals surface area (Å²) in [5, 5.41) is 37.7. The summed E-state index contributed by atoms with van der Waals surface area (Å²) in [7, 11) is 0. The Kier molecular flexibility index (Phi) is 15.8. The van der Waals surface area contributed by atoms with E-state index in [4.69, 9.17) is 16.8 Å². The zero-order valence-electron chi connectivity index (χ0n) is 44.3. The number of rotatable bonds is 10. The van der Waals surface area contributed by atoms with Gasteiger partial charge in [-0.2, -0.15) is 15.6 Å². The molecule has 0 atom stereocenters. The molecule has 16 nitrogen and oxygen atoms in total. The fraction of sp³-hybridized carbons (Fsp3) is 0.172. The van der Waals surface area contributed by atoms with E-state index >= 15 is 0 Å². The van der Waals surface area contributed by atoms with Crippen molar-refractivity contribution in [3.63, 3.8) is 0 Å². The summed E-state index contributed by atoms with van der Waals surface area (Å²) in [6, 6.07) is 46.1. The minimum absolute atomic E-state index is 0.205. The molecule has 16 heteroatoms. The van der Waals surface area contributed by atoms with Gasteiger partial charge in [-0.3, -0.25) is 24.5 Å². The number of nitrogens with one attached hydrogen (secondary N) is 6. The Hall–Kier alpha value is -10.5. The van der Waals surface area contributed by atoms with E-state index in [2.05, 4.69) is 95.0 Å². The summed E-state index contributed by atoms with van der Waals surface area (Å²) in [5.41, 5.74) is 15.0. The number of hydrogen-bond donors (Lipinski definition) is 6. The molecule has 12 rings (SSSR count). The predicted octanol–water partition coefficient (Wildman–Crippen LogP) is 12.9. The van der Waals surface area contributed by atoms with Gasteiger partial charge in [-0.05, 0) is 148 Å². The molecule has 80 heavy (non-hydrogen) atoms. The smallest absolute Gasteiger partial charge is 0.257 e. The van der Waals surface area contributed by atoms with Gasteiger partial charge in [0.1, 0.15) is 5.65 Å². The molecule has 0 radical (unpaired) electrons. The predicted molar refractivity (Wildman–Crippen MR) is 313 cm³/mol. The standard InChI is InChI=1S/C25H18N4O.C23H25N5O.C16H12N4O/c1-15-3-4-17-12-23(29-22(17)11-15)24-21-13-20(10-7-18(21)14-27-24)28-25(30)16-5-8-19(26-2)9-6-16;1-2-11-28-12-9-16(10-13-28)22-20-14-18(7-8-21(20)26-27-22)25-23(29)19-6-4-3-5-17(19)15-24;1-10-8-18-15-14(10)6-13(9-19-15)20-16(21)12-4-2-3-11(5-12)7-17/h3-13,29H,14H2,1H3,(H,28,30);3-8,14,16H,2,9-13H2,1H3,(H,25,29)(H,26,27);2-6,8-9H,1H3,(H,18,19)(H,20,21). The monoisotopic (exact) mass is 1050 g/mol. The van der Waals surface area contributed by atoms with Crippen molar-refractivity contribution in [1.82, 2.24) is 30.0 Å². The van der Waals surface area contributed by atoms with E-state index in [0.717, 1.165) is 105 Å². The lowest BCUT2D eigenvalue weighted by Gasteiger charge is -2.31. The van der Waals surface area contributed by atoms with E-state index in [1.165, 1.54) is 12.0 Å². The molecule has 2 aliphatic heterocycles. The Balaban J connectivity index is 0.000000137. The number of amides is 3. The van der Waals surface area contributed by atoms with Gasteiger partial charge in [0.15, 0.2) is 5.69 Å². The number of aryl methyl sites for hydroxylation is 2. The second kappa shape index (κ2) is 23.8. The Morgan fingerprint density at radius 2 is 1.51 bits per heavy atom. The second-order valence-corrected chi connectivity index (χ2v) is 19.8. The Labute approximate surface area is 462 Å². The zero-order chi connectivity index (χ0) is 55.7. The number of likely N-dealkylation sites (tertiary alicyclic amines) is 1. The van der Waals surface area contributed by atoms with Gasteiger partial charge in [0.05, 0.1) is 70.8 Å². The first-order chi connectivity index (χ1) is 39.0. The maximum atomic E-state index is 12.7.